The maximum absolute atomic E-state index is 14.5. The molecule has 4 heterocycles. The van der Waals surface area contributed by atoms with Crippen LogP contribution >= 0.6 is 0 Å². The number of likely N-dealkylation sites (tertiary alicyclic amines) is 1. The van der Waals surface area contributed by atoms with Crippen LogP contribution in [0.5, 0.6) is 5.75 Å². The number of piperidine rings is 1. The first-order valence-corrected chi connectivity index (χ1v) is 11.4. The topological polar surface area (TPSA) is 70.2 Å². The summed E-state index contributed by atoms with van der Waals surface area (Å²) in [6.45, 7) is 4.42. The SMILES string of the molecule is COc1ccc(CN2CCC[C@H](c3[nH]ncc3-c3ccnc(N4CCCC4)n3)C2)c(F)c1. The minimum atomic E-state index is -0.218. The van der Waals surface area contributed by atoms with Gasteiger partial charge in [0.15, 0.2) is 0 Å². The molecule has 2 aliphatic rings. The highest BCUT2D eigenvalue weighted by molar-refractivity contribution is 5.63. The number of hydrogen-bond donors (Lipinski definition) is 1. The third-order valence-corrected chi connectivity index (χ3v) is 6.54. The van der Waals surface area contributed by atoms with E-state index < -0.39 is 0 Å². The second-order valence-corrected chi connectivity index (χ2v) is 8.66. The summed E-state index contributed by atoms with van der Waals surface area (Å²) in [7, 11) is 1.55. The van der Waals surface area contributed by atoms with Crippen LogP contribution in [-0.2, 0) is 6.54 Å². The number of nitrogens with zero attached hydrogens (tertiary/aromatic N) is 5. The van der Waals surface area contributed by atoms with Crippen LogP contribution in [0.3, 0.4) is 0 Å². The Morgan fingerprint density at radius 3 is 2.84 bits per heavy atom. The molecule has 0 amide bonds. The second kappa shape index (κ2) is 9.24. The van der Waals surface area contributed by atoms with Gasteiger partial charge >= 0.3 is 0 Å². The van der Waals surface area contributed by atoms with Gasteiger partial charge in [-0.2, -0.15) is 5.10 Å². The van der Waals surface area contributed by atoms with Crippen LogP contribution in [0.25, 0.3) is 11.3 Å². The fraction of sp³-hybridized carbons (Fsp3) is 0.458. The van der Waals surface area contributed by atoms with Gasteiger partial charge in [-0.05, 0) is 44.4 Å². The summed E-state index contributed by atoms with van der Waals surface area (Å²) in [6.07, 6.45) is 8.22. The molecule has 0 aliphatic carbocycles. The van der Waals surface area contributed by atoms with Crippen LogP contribution in [0, 0.1) is 5.82 Å². The lowest BCUT2D eigenvalue weighted by Crippen LogP contribution is -2.34. The highest BCUT2D eigenvalue weighted by Crippen LogP contribution is 2.33. The average molecular weight is 437 g/mol. The molecule has 8 heteroatoms. The summed E-state index contributed by atoms with van der Waals surface area (Å²) >= 11 is 0. The molecule has 2 aliphatic heterocycles. The number of halogens is 1. The fourth-order valence-electron chi connectivity index (χ4n) is 4.84. The monoisotopic (exact) mass is 436 g/mol. The summed E-state index contributed by atoms with van der Waals surface area (Å²) in [5.74, 6) is 1.42. The van der Waals surface area contributed by atoms with E-state index in [0.717, 1.165) is 61.9 Å². The predicted molar refractivity (Wildman–Crippen MR) is 121 cm³/mol. The maximum atomic E-state index is 14.5. The van der Waals surface area contributed by atoms with Crippen molar-refractivity contribution in [1.82, 2.24) is 25.1 Å². The number of H-pyrrole nitrogens is 1. The van der Waals surface area contributed by atoms with E-state index in [-0.39, 0.29) is 5.82 Å². The number of ether oxygens (including phenoxy) is 1. The van der Waals surface area contributed by atoms with E-state index in [2.05, 4.69) is 25.0 Å². The minimum absolute atomic E-state index is 0.218. The Bertz CT molecular complexity index is 1060. The van der Waals surface area contributed by atoms with Crippen molar-refractivity contribution in [2.24, 2.45) is 0 Å². The van der Waals surface area contributed by atoms with Gasteiger partial charge < -0.3 is 9.64 Å². The number of aromatic amines is 1. The molecule has 0 bridgehead atoms. The quantitative estimate of drug-likeness (QED) is 0.630. The van der Waals surface area contributed by atoms with Crippen molar-refractivity contribution in [3.63, 3.8) is 0 Å². The Balaban J connectivity index is 1.33. The zero-order valence-corrected chi connectivity index (χ0v) is 18.4. The van der Waals surface area contributed by atoms with Crippen molar-refractivity contribution in [3.05, 3.63) is 53.7 Å². The molecule has 5 rings (SSSR count). The van der Waals surface area contributed by atoms with Gasteiger partial charge in [0, 0.05) is 61.2 Å². The molecule has 32 heavy (non-hydrogen) atoms. The number of benzene rings is 1. The summed E-state index contributed by atoms with van der Waals surface area (Å²) < 4.78 is 19.6. The van der Waals surface area contributed by atoms with Crippen molar-refractivity contribution in [1.29, 1.82) is 0 Å². The number of nitrogens with one attached hydrogen (secondary N) is 1. The van der Waals surface area contributed by atoms with Gasteiger partial charge in [0.25, 0.3) is 0 Å². The van der Waals surface area contributed by atoms with Gasteiger partial charge in [0.05, 0.1) is 19.0 Å². The van der Waals surface area contributed by atoms with Gasteiger partial charge in [-0.25, -0.2) is 14.4 Å². The smallest absolute Gasteiger partial charge is 0.225 e. The van der Waals surface area contributed by atoms with E-state index in [1.807, 2.05) is 30.6 Å². The van der Waals surface area contributed by atoms with Crippen molar-refractivity contribution >= 4 is 5.95 Å². The molecule has 0 unspecified atom stereocenters. The summed E-state index contributed by atoms with van der Waals surface area (Å²) in [5.41, 5.74) is 3.75. The zero-order chi connectivity index (χ0) is 21.9. The average Bonchev–Trinajstić information content (AvgIpc) is 3.53. The molecule has 2 aromatic heterocycles. The second-order valence-electron chi connectivity index (χ2n) is 8.66. The molecule has 168 valence electrons. The number of aromatic nitrogens is 4. The Morgan fingerprint density at radius 2 is 2.03 bits per heavy atom. The lowest BCUT2D eigenvalue weighted by Gasteiger charge is -2.32. The molecule has 7 nitrogen and oxygen atoms in total. The van der Waals surface area contributed by atoms with E-state index in [1.54, 1.807) is 7.11 Å². The van der Waals surface area contributed by atoms with Crippen LogP contribution in [-0.4, -0.2) is 58.4 Å². The molecule has 0 radical (unpaired) electrons. The predicted octanol–water partition coefficient (Wildman–Crippen LogP) is 3.99. The van der Waals surface area contributed by atoms with Gasteiger partial charge in [-0.1, -0.05) is 6.07 Å². The Labute approximate surface area is 187 Å². The van der Waals surface area contributed by atoms with Crippen molar-refractivity contribution in [2.45, 2.75) is 38.1 Å². The van der Waals surface area contributed by atoms with Gasteiger partial charge in [0.1, 0.15) is 11.6 Å². The molecule has 2 saturated heterocycles. The summed E-state index contributed by atoms with van der Waals surface area (Å²) in [4.78, 5) is 13.9. The highest BCUT2D eigenvalue weighted by Gasteiger charge is 2.26. The van der Waals surface area contributed by atoms with E-state index in [0.29, 0.717) is 23.8 Å². The largest absolute Gasteiger partial charge is 0.497 e. The standard InChI is InChI=1S/C24H29FN6O/c1-32-19-7-6-17(21(25)13-19)15-30-10-4-5-18(16-30)23-20(14-27-29-23)22-8-9-26-24(28-22)31-11-2-3-12-31/h6-9,13-14,18H,2-5,10-12,15-16H2,1H3,(H,27,29)/t18-/m0/s1. The summed E-state index contributed by atoms with van der Waals surface area (Å²) in [5, 5.41) is 7.58. The first-order valence-electron chi connectivity index (χ1n) is 11.4. The van der Waals surface area contributed by atoms with E-state index in [4.69, 9.17) is 9.72 Å². The zero-order valence-electron chi connectivity index (χ0n) is 18.4. The van der Waals surface area contributed by atoms with Crippen molar-refractivity contribution in [3.8, 4) is 17.0 Å². The van der Waals surface area contributed by atoms with E-state index in [9.17, 15) is 4.39 Å². The lowest BCUT2D eigenvalue weighted by molar-refractivity contribution is 0.196. The third kappa shape index (κ3) is 4.32. The first-order chi connectivity index (χ1) is 15.7. The number of hydrogen-bond acceptors (Lipinski definition) is 6. The van der Waals surface area contributed by atoms with Gasteiger partial charge in [0.2, 0.25) is 5.95 Å². The molecular formula is C24H29FN6O. The normalized spacial score (nSPS) is 19.4. The molecule has 1 atom stereocenters. The lowest BCUT2D eigenvalue weighted by atomic mass is 9.91. The Kier molecular flexibility index (Phi) is 6.03. The molecule has 0 spiro atoms. The maximum Gasteiger partial charge on any atom is 0.225 e. The minimum Gasteiger partial charge on any atom is -0.497 e. The van der Waals surface area contributed by atoms with Crippen LogP contribution in [0.4, 0.5) is 10.3 Å². The first kappa shape index (κ1) is 20.9. The number of rotatable bonds is 6. The van der Waals surface area contributed by atoms with Gasteiger partial charge in [-0.15, -0.1) is 0 Å². The molecule has 1 aromatic carbocycles. The van der Waals surface area contributed by atoms with Crippen LogP contribution in [0.15, 0.2) is 36.7 Å². The van der Waals surface area contributed by atoms with Crippen LogP contribution in [0.1, 0.15) is 42.9 Å². The highest BCUT2D eigenvalue weighted by atomic mass is 19.1. The third-order valence-electron chi connectivity index (χ3n) is 6.54. The van der Waals surface area contributed by atoms with E-state index >= 15 is 0 Å². The van der Waals surface area contributed by atoms with Crippen LogP contribution in [0.2, 0.25) is 0 Å². The summed E-state index contributed by atoms with van der Waals surface area (Å²) in [6, 6.07) is 7.05. The number of anilines is 1. The fourth-order valence-corrected chi connectivity index (χ4v) is 4.84. The molecule has 1 N–H and O–H groups in total. The Hall–Kier alpha value is -3.00. The van der Waals surface area contributed by atoms with Gasteiger partial charge in [-0.3, -0.25) is 10.00 Å². The van der Waals surface area contributed by atoms with Crippen molar-refractivity contribution in [2.75, 3.05) is 38.2 Å². The molecule has 3 aromatic rings. The molecule has 0 saturated carbocycles. The van der Waals surface area contributed by atoms with Crippen molar-refractivity contribution < 1.29 is 9.13 Å². The van der Waals surface area contributed by atoms with E-state index in [1.165, 1.54) is 18.9 Å². The Morgan fingerprint density at radius 1 is 1.16 bits per heavy atom. The molecule has 2 fully saturated rings. The number of methoxy groups -OCH3 is 1. The molecular weight excluding hydrogens is 407 g/mol. The van der Waals surface area contributed by atoms with Crippen LogP contribution < -0.4 is 9.64 Å².